The molecule has 1 aromatic heterocycles. The Labute approximate surface area is 177 Å². The first-order chi connectivity index (χ1) is 14.7. The lowest BCUT2D eigenvalue weighted by molar-refractivity contribution is -0.141. The number of carbonyl (C=O) groups is 1. The van der Waals surface area contributed by atoms with Crippen LogP contribution < -0.4 is 9.47 Å². The van der Waals surface area contributed by atoms with E-state index in [9.17, 15) is 18.0 Å². The number of esters is 1. The van der Waals surface area contributed by atoms with Gasteiger partial charge in [0.15, 0.2) is 5.69 Å². The minimum atomic E-state index is -4.73. The normalized spacial score (nSPS) is 12.6. The van der Waals surface area contributed by atoms with E-state index < -0.39 is 30.0 Å². The maximum atomic E-state index is 13.2. The van der Waals surface area contributed by atoms with Crippen molar-refractivity contribution in [1.29, 1.82) is 0 Å². The number of nitrogens with zero attached hydrogens (tertiary/aromatic N) is 2. The van der Waals surface area contributed by atoms with Gasteiger partial charge < -0.3 is 18.9 Å². The van der Waals surface area contributed by atoms with Gasteiger partial charge in [0, 0.05) is 6.07 Å². The number of ether oxygens (including phenoxy) is 4. The molecule has 0 aliphatic carbocycles. The maximum Gasteiger partial charge on any atom is 0.433 e. The molecule has 1 unspecified atom stereocenters. The molecule has 0 fully saturated rings. The topological polar surface area (TPSA) is 79.8 Å². The van der Waals surface area contributed by atoms with Crippen LogP contribution in [-0.2, 0) is 27.1 Å². The number of hydrogen-bond acceptors (Lipinski definition) is 7. The number of hydrogen-bond donors (Lipinski definition) is 0. The molecule has 31 heavy (non-hydrogen) atoms. The van der Waals surface area contributed by atoms with E-state index in [0.29, 0.717) is 17.2 Å². The third kappa shape index (κ3) is 6.46. The lowest BCUT2D eigenvalue weighted by Gasteiger charge is -2.15. The highest BCUT2D eigenvalue weighted by atomic mass is 19.4. The summed E-state index contributed by atoms with van der Waals surface area (Å²) in [6.45, 7) is 4.88. The Morgan fingerprint density at radius 1 is 1.23 bits per heavy atom. The van der Waals surface area contributed by atoms with E-state index in [0.717, 1.165) is 0 Å². The molecule has 0 saturated carbocycles. The lowest BCUT2D eigenvalue weighted by atomic mass is 10.0. The van der Waals surface area contributed by atoms with Crippen molar-refractivity contribution in [3.8, 4) is 11.9 Å². The Kier molecular flexibility index (Phi) is 8.00. The molecule has 2 rings (SSSR count). The molecule has 7 nitrogen and oxygen atoms in total. The van der Waals surface area contributed by atoms with Gasteiger partial charge in [0.05, 0.1) is 20.5 Å². The minimum absolute atomic E-state index is 0.117. The van der Waals surface area contributed by atoms with Crippen LogP contribution in [0, 0.1) is 0 Å². The monoisotopic (exact) mass is 438 g/mol. The Morgan fingerprint density at radius 3 is 2.55 bits per heavy atom. The fourth-order valence-corrected chi connectivity index (χ4v) is 2.40. The average Bonchev–Trinajstić information content (AvgIpc) is 2.75. The highest BCUT2D eigenvalue weighted by Crippen LogP contribution is 2.31. The summed E-state index contributed by atoms with van der Waals surface area (Å²) >= 11 is 0. The van der Waals surface area contributed by atoms with E-state index in [1.54, 1.807) is 31.2 Å². The zero-order valence-corrected chi connectivity index (χ0v) is 17.1. The van der Waals surface area contributed by atoms with Crippen LogP contribution in [0.1, 0.15) is 23.7 Å². The average molecular weight is 438 g/mol. The van der Waals surface area contributed by atoms with Gasteiger partial charge >= 0.3 is 18.2 Å². The summed E-state index contributed by atoms with van der Waals surface area (Å²) in [5, 5.41) is 0. The number of carbonyl (C=O) groups excluding carboxylic acids is 1. The molecule has 0 aliphatic rings. The van der Waals surface area contributed by atoms with Crippen LogP contribution >= 0.6 is 0 Å². The SMILES string of the molecule is C=CC(C)Oc1nc(OCc2ccccc2/C(=C/OC)C(=O)OC)cc(C(F)(F)F)n1. The number of rotatable bonds is 9. The summed E-state index contributed by atoms with van der Waals surface area (Å²) in [6, 6.07) is 6.80. The summed E-state index contributed by atoms with van der Waals surface area (Å²) in [5.41, 5.74) is -0.179. The largest absolute Gasteiger partial charge is 0.503 e. The molecule has 2 aromatic rings. The Morgan fingerprint density at radius 2 is 1.94 bits per heavy atom. The van der Waals surface area contributed by atoms with Crippen molar-refractivity contribution >= 4 is 11.5 Å². The smallest absolute Gasteiger partial charge is 0.433 e. The number of aromatic nitrogens is 2. The zero-order chi connectivity index (χ0) is 23.0. The van der Waals surface area contributed by atoms with Gasteiger partial charge in [-0.1, -0.05) is 36.9 Å². The van der Waals surface area contributed by atoms with E-state index in [1.165, 1.54) is 26.6 Å². The fraction of sp³-hybridized carbons (Fsp3) is 0.286. The molecule has 166 valence electrons. The third-order valence-corrected chi connectivity index (χ3v) is 3.92. The molecule has 1 aromatic carbocycles. The Bertz CT molecular complexity index is 960. The Balaban J connectivity index is 2.36. The highest BCUT2D eigenvalue weighted by molar-refractivity contribution is 6.16. The third-order valence-electron chi connectivity index (χ3n) is 3.92. The van der Waals surface area contributed by atoms with Crippen LogP contribution in [0.2, 0.25) is 0 Å². The maximum absolute atomic E-state index is 13.2. The second-order valence-corrected chi connectivity index (χ2v) is 6.14. The van der Waals surface area contributed by atoms with E-state index in [4.69, 9.17) is 18.9 Å². The second-order valence-electron chi connectivity index (χ2n) is 6.14. The number of methoxy groups -OCH3 is 2. The van der Waals surface area contributed by atoms with E-state index in [2.05, 4.69) is 16.5 Å². The lowest BCUT2D eigenvalue weighted by Crippen LogP contribution is -2.15. The first-order valence-corrected chi connectivity index (χ1v) is 8.97. The van der Waals surface area contributed by atoms with Crippen molar-refractivity contribution in [2.75, 3.05) is 14.2 Å². The van der Waals surface area contributed by atoms with Gasteiger partial charge in [0.1, 0.15) is 18.3 Å². The van der Waals surface area contributed by atoms with Gasteiger partial charge in [0.2, 0.25) is 5.88 Å². The molecule has 0 saturated heterocycles. The van der Waals surface area contributed by atoms with Gasteiger partial charge in [-0.15, -0.1) is 0 Å². The minimum Gasteiger partial charge on any atom is -0.503 e. The van der Waals surface area contributed by atoms with Crippen molar-refractivity contribution in [3.63, 3.8) is 0 Å². The van der Waals surface area contributed by atoms with E-state index in [-0.39, 0.29) is 18.1 Å². The van der Waals surface area contributed by atoms with Gasteiger partial charge in [0.25, 0.3) is 0 Å². The predicted molar refractivity (Wildman–Crippen MR) is 105 cm³/mol. The summed E-state index contributed by atoms with van der Waals surface area (Å²) in [6.07, 6.45) is -2.75. The second kappa shape index (κ2) is 10.5. The van der Waals surface area contributed by atoms with Crippen molar-refractivity contribution < 1.29 is 36.9 Å². The molecule has 0 radical (unpaired) electrons. The molecular weight excluding hydrogens is 417 g/mol. The molecule has 1 heterocycles. The van der Waals surface area contributed by atoms with E-state index in [1.807, 2.05) is 0 Å². The predicted octanol–water partition coefficient (Wildman–Crippen LogP) is 4.19. The zero-order valence-electron chi connectivity index (χ0n) is 17.1. The van der Waals surface area contributed by atoms with Crippen LogP contribution in [0.15, 0.2) is 49.2 Å². The number of halogens is 3. The molecule has 0 N–H and O–H groups in total. The van der Waals surface area contributed by atoms with Gasteiger partial charge in [-0.25, -0.2) is 4.79 Å². The van der Waals surface area contributed by atoms with Crippen molar-refractivity contribution in [1.82, 2.24) is 9.97 Å². The molecule has 1 atom stereocenters. The van der Waals surface area contributed by atoms with E-state index >= 15 is 0 Å². The number of alkyl halides is 3. The van der Waals surface area contributed by atoms with Gasteiger partial charge in [-0.2, -0.15) is 23.1 Å². The summed E-state index contributed by atoms with van der Waals surface area (Å²) < 4.78 is 60.1. The first kappa shape index (κ1) is 23.7. The van der Waals surface area contributed by atoms with Crippen molar-refractivity contribution in [2.45, 2.75) is 25.8 Å². The molecule has 0 amide bonds. The molecule has 0 bridgehead atoms. The first-order valence-electron chi connectivity index (χ1n) is 8.97. The quantitative estimate of drug-likeness (QED) is 0.251. The van der Waals surface area contributed by atoms with Crippen molar-refractivity contribution in [2.24, 2.45) is 0 Å². The van der Waals surface area contributed by atoms with Crippen LogP contribution in [0.5, 0.6) is 11.9 Å². The van der Waals surface area contributed by atoms with Crippen molar-refractivity contribution in [3.05, 3.63) is 66.1 Å². The van der Waals surface area contributed by atoms with Crippen LogP contribution in [0.25, 0.3) is 5.57 Å². The number of benzene rings is 1. The summed E-state index contributed by atoms with van der Waals surface area (Å²) in [4.78, 5) is 19.3. The molecule has 0 aliphatic heterocycles. The van der Waals surface area contributed by atoms with Crippen LogP contribution in [0.4, 0.5) is 13.2 Å². The van der Waals surface area contributed by atoms with Crippen LogP contribution in [0.3, 0.4) is 0 Å². The fourth-order valence-electron chi connectivity index (χ4n) is 2.40. The van der Waals surface area contributed by atoms with Gasteiger partial charge in [-0.05, 0) is 18.1 Å². The van der Waals surface area contributed by atoms with Gasteiger partial charge in [-0.3, -0.25) is 0 Å². The summed E-state index contributed by atoms with van der Waals surface area (Å²) in [7, 11) is 2.59. The molecular formula is C21H21F3N2O5. The molecule has 10 heteroatoms. The highest BCUT2D eigenvalue weighted by Gasteiger charge is 2.34. The summed E-state index contributed by atoms with van der Waals surface area (Å²) in [5.74, 6) is -0.997. The molecule has 0 spiro atoms. The standard InChI is InChI=1S/C21H21F3N2O5/c1-5-13(2)31-20-25-17(21(22,23)24)10-18(26-20)30-11-14-8-6-7-9-15(14)16(12-28-3)19(27)29-4/h5-10,12-13H,1,11H2,2-4H3/b16-12-. The van der Waals surface area contributed by atoms with Crippen LogP contribution in [-0.4, -0.2) is 36.3 Å². The Hall–Kier alpha value is -3.56.